The average Bonchev–Trinajstić information content (AvgIpc) is 2.62. The highest BCUT2D eigenvalue weighted by atomic mass is 16.5. The van der Waals surface area contributed by atoms with Gasteiger partial charge in [0.15, 0.2) is 0 Å². The Hall–Kier alpha value is -2.17. The van der Waals surface area contributed by atoms with Gasteiger partial charge in [0.1, 0.15) is 6.10 Å². The Kier molecular flexibility index (Phi) is 6.20. The first-order chi connectivity index (χ1) is 12.2. The Bertz CT molecular complexity index is 687. The molecule has 4 nitrogen and oxygen atoms in total. The lowest BCUT2D eigenvalue weighted by atomic mass is 10.0. The maximum Gasteiger partial charge on any atom is 0.224 e. The summed E-state index contributed by atoms with van der Waals surface area (Å²) >= 11 is 0. The van der Waals surface area contributed by atoms with E-state index >= 15 is 0 Å². The fourth-order valence-corrected chi connectivity index (χ4v) is 3.08. The van der Waals surface area contributed by atoms with Crippen LogP contribution in [0.1, 0.15) is 23.1 Å². The molecule has 3 rings (SSSR count). The maximum atomic E-state index is 12.4. The molecule has 1 heterocycles. The molecule has 0 aliphatic carbocycles. The molecule has 1 N–H and O–H groups in total. The molecule has 132 valence electrons. The molecule has 1 aliphatic rings. The van der Waals surface area contributed by atoms with Crippen LogP contribution in [0, 0.1) is 6.92 Å². The number of rotatable bonds is 6. The third kappa shape index (κ3) is 5.41. The molecule has 0 aromatic heterocycles. The van der Waals surface area contributed by atoms with E-state index in [1.807, 2.05) is 61.5 Å². The molecule has 2 aromatic rings. The Labute approximate surface area is 149 Å². The molecule has 0 spiro atoms. The van der Waals surface area contributed by atoms with Crippen LogP contribution in [0.25, 0.3) is 0 Å². The average molecular weight is 339 g/mol. The zero-order valence-electron chi connectivity index (χ0n) is 14.6. The first-order valence-electron chi connectivity index (χ1n) is 8.79. The van der Waals surface area contributed by atoms with Crippen molar-refractivity contribution in [3.8, 4) is 0 Å². The number of benzene rings is 2. The molecule has 2 atom stereocenters. The van der Waals surface area contributed by atoms with Gasteiger partial charge in [-0.3, -0.25) is 4.79 Å². The summed E-state index contributed by atoms with van der Waals surface area (Å²) in [6, 6.07) is 18.1. The van der Waals surface area contributed by atoms with Gasteiger partial charge in [0.25, 0.3) is 0 Å². The molecular weight excluding hydrogens is 314 g/mol. The van der Waals surface area contributed by atoms with Gasteiger partial charge >= 0.3 is 0 Å². The van der Waals surface area contributed by atoms with Crippen molar-refractivity contribution >= 4 is 5.91 Å². The summed E-state index contributed by atoms with van der Waals surface area (Å²) < 4.78 is 11.6. The van der Waals surface area contributed by atoms with E-state index in [9.17, 15) is 4.79 Å². The van der Waals surface area contributed by atoms with Gasteiger partial charge in [0.2, 0.25) is 5.91 Å². The summed E-state index contributed by atoms with van der Waals surface area (Å²) in [5.74, 6) is 0.0332. The van der Waals surface area contributed by atoms with Gasteiger partial charge in [0, 0.05) is 6.61 Å². The standard InChI is InChI=1S/C21H25NO3/c1-16-6-5-9-18(12-16)13-21(23)22-19-10-11-24-15-20(19)25-14-17-7-3-2-4-8-17/h2-9,12,19-20H,10-11,13-15H2,1H3,(H,22,23)/t19-,20-/m1/s1. The molecule has 0 saturated carbocycles. The van der Waals surface area contributed by atoms with E-state index in [1.165, 1.54) is 5.56 Å². The van der Waals surface area contributed by atoms with Crippen LogP contribution < -0.4 is 5.32 Å². The van der Waals surface area contributed by atoms with Gasteiger partial charge in [-0.05, 0) is 24.5 Å². The quantitative estimate of drug-likeness (QED) is 0.880. The van der Waals surface area contributed by atoms with Crippen molar-refractivity contribution in [1.29, 1.82) is 0 Å². The van der Waals surface area contributed by atoms with Crippen molar-refractivity contribution in [3.63, 3.8) is 0 Å². The Morgan fingerprint density at radius 2 is 1.96 bits per heavy atom. The number of aryl methyl sites for hydroxylation is 1. The molecule has 1 fully saturated rings. The first-order valence-corrected chi connectivity index (χ1v) is 8.79. The van der Waals surface area contributed by atoms with Crippen LogP contribution in [0.15, 0.2) is 54.6 Å². The molecule has 1 saturated heterocycles. The zero-order valence-corrected chi connectivity index (χ0v) is 14.6. The first kappa shape index (κ1) is 17.6. The normalized spacial score (nSPS) is 20.2. The van der Waals surface area contributed by atoms with Gasteiger partial charge in [-0.25, -0.2) is 0 Å². The molecule has 0 radical (unpaired) electrons. The van der Waals surface area contributed by atoms with E-state index in [4.69, 9.17) is 9.47 Å². The van der Waals surface area contributed by atoms with E-state index in [-0.39, 0.29) is 18.1 Å². The number of carbonyl (C=O) groups excluding carboxylic acids is 1. The molecule has 25 heavy (non-hydrogen) atoms. The molecule has 0 bridgehead atoms. The second-order valence-corrected chi connectivity index (χ2v) is 6.54. The van der Waals surface area contributed by atoms with Crippen molar-refractivity contribution < 1.29 is 14.3 Å². The second-order valence-electron chi connectivity index (χ2n) is 6.54. The minimum atomic E-state index is -0.115. The topological polar surface area (TPSA) is 47.6 Å². The Balaban J connectivity index is 1.54. The fourth-order valence-electron chi connectivity index (χ4n) is 3.08. The Morgan fingerprint density at radius 1 is 1.16 bits per heavy atom. The summed E-state index contributed by atoms with van der Waals surface area (Å²) in [6.45, 7) is 3.73. The third-order valence-electron chi connectivity index (χ3n) is 4.40. The molecular formula is C21H25NO3. The monoisotopic (exact) mass is 339 g/mol. The van der Waals surface area contributed by atoms with E-state index in [2.05, 4.69) is 5.32 Å². The lowest BCUT2D eigenvalue weighted by Gasteiger charge is -2.32. The smallest absolute Gasteiger partial charge is 0.224 e. The molecule has 1 aliphatic heterocycles. The van der Waals surface area contributed by atoms with Gasteiger partial charge in [-0.15, -0.1) is 0 Å². The van der Waals surface area contributed by atoms with Crippen LogP contribution >= 0.6 is 0 Å². The molecule has 4 heteroatoms. The van der Waals surface area contributed by atoms with Crippen molar-refractivity contribution in [3.05, 3.63) is 71.3 Å². The van der Waals surface area contributed by atoms with Gasteiger partial charge in [0.05, 0.1) is 25.7 Å². The van der Waals surface area contributed by atoms with Gasteiger partial charge < -0.3 is 14.8 Å². The van der Waals surface area contributed by atoms with E-state index in [1.54, 1.807) is 0 Å². The lowest BCUT2D eigenvalue weighted by Crippen LogP contribution is -2.50. The van der Waals surface area contributed by atoms with Crippen LogP contribution in [0.2, 0.25) is 0 Å². The summed E-state index contributed by atoms with van der Waals surface area (Å²) in [5, 5.41) is 3.13. The number of carbonyl (C=O) groups is 1. The summed E-state index contributed by atoms with van der Waals surface area (Å²) in [7, 11) is 0. The number of amides is 1. The Morgan fingerprint density at radius 3 is 2.76 bits per heavy atom. The summed E-state index contributed by atoms with van der Waals surface area (Å²) in [6.07, 6.45) is 1.05. The number of hydrogen-bond acceptors (Lipinski definition) is 3. The van der Waals surface area contributed by atoms with Crippen molar-refractivity contribution in [1.82, 2.24) is 5.32 Å². The predicted molar refractivity (Wildman–Crippen MR) is 97.3 cm³/mol. The third-order valence-corrected chi connectivity index (χ3v) is 4.40. The minimum Gasteiger partial charge on any atom is -0.379 e. The summed E-state index contributed by atoms with van der Waals surface area (Å²) in [4.78, 5) is 12.4. The van der Waals surface area contributed by atoms with Crippen molar-refractivity contribution in [2.45, 2.75) is 38.5 Å². The lowest BCUT2D eigenvalue weighted by molar-refractivity contribution is -0.126. The highest BCUT2D eigenvalue weighted by Gasteiger charge is 2.28. The fraction of sp³-hybridized carbons (Fsp3) is 0.381. The van der Waals surface area contributed by atoms with Crippen LogP contribution in [0.4, 0.5) is 0 Å². The van der Waals surface area contributed by atoms with Gasteiger partial charge in [-0.1, -0.05) is 60.2 Å². The molecule has 2 aromatic carbocycles. The second kappa shape index (κ2) is 8.79. The number of hydrogen-bond donors (Lipinski definition) is 1. The molecule has 1 amide bonds. The van der Waals surface area contributed by atoms with Crippen LogP contribution in [-0.2, 0) is 27.3 Å². The number of ether oxygens (including phenoxy) is 2. The van der Waals surface area contributed by atoms with Gasteiger partial charge in [-0.2, -0.15) is 0 Å². The number of nitrogens with one attached hydrogen (secondary N) is 1. The highest BCUT2D eigenvalue weighted by Crippen LogP contribution is 2.14. The van der Waals surface area contributed by atoms with Crippen LogP contribution in [0.5, 0.6) is 0 Å². The zero-order chi connectivity index (χ0) is 17.5. The largest absolute Gasteiger partial charge is 0.379 e. The van der Waals surface area contributed by atoms with Crippen LogP contribution in [0.3, 0.4) is 0 Å². The SMILES string of the molecule is Cc1cccc(CC(=O)N[C@@H]2CCOC[C@H]2OCc2ccccc2)c1. The van der Waals surface area contributed by atoms with E-state index in [0.29, 0.717) is 26.2 Å². The van der Waals surface area contributed by atoms with Crippen LogP contribution in [-0.4, -0.2) is 31.3 Å². The van der Waals surface area contributed by atoms with E-state index in [0.717, 1.165) is 17.5 Å². The predicted octanol–water partition coefficient (Wildman–Crippen LogP) is 3.03. The maximum absolute atomic E-state index is 12.4. The highest BCUT2D eigenvalue weighted by molar-refractivity contribution is 5.79. The van der Waals surface area contributed by atoms with Crippen molar-refractivity contribution in [2.24, 2.45) is 0 Å². The molecule has 0 unspecified atom stereocenters. The van der Waals surface area contributed by atoms with Crippen molar-refractivity contribution in [2.75, 3.05) is 13.2 Å². The van der Waals surface area contributed by atoms with E-state index < -0.39 is 0 Å². The minimum absolute atomic E-state index is 0.00484. The summed E-state index contributed by atoms with van der Waals surface area (Å²) in [5.41, 5.74) is 3.32.